The molecule has 1 aromatic heterocycles. The van der Waals surface area contributed by atoms with E-state index in [9.17, 15) is 14.9 Å². The minimum atomic E-state index is -0.459. The highest BCUT2D eigenvalue weighted by Crippen LogP contribution is 2.27. The van der Waals surface area contributed by atoms with Crippen molar-refractivity contribution in [1.29, 1.82) is 0 Å². The summed E-state index contributed by atoms with van der Waals surface area (Å²) in [5.74, 6) is 0.0353. The lowest BCUT2D eigenvalue weighted by atomic mass is 9.84. The van der Waals surface area contributed by atoms with E-state index in [1.165, 1.54) is 6.20 Å². The first-order chi connectivity index (χ1) is 9.49. The molecule has 1 aromatic rings. The molecule has 7 nitrogen and oxygen atoms in total. The van der Waals surface area contributed by atoms with Gasteiger partial charge in [0, 0.05) is 11.6 Å². The van der Waals surface area contributed by atoms with Crippen molar-refractivity contribution >= 4 is 17.4 Å². The second-order valence-corrected chi connectivity index (χ2v) is 5.16. The number of aryl methyl sites for hydroxylation is 1. The van der Waals surface area contributed by atoms with E-state index in [-0.39, 0.29) is 23.6 Å². The van der Waals surface area contributed by atoms with Crippen molar-refractivity contribution in [1.82, 2.24) is 4.98 Å². The zero-order valence-electron chi connectivity index (χ0n) is 11.3. The van der Waals surface area contributed by atoms with Crippen LogP contribution >= 0.6 is 0 Å². The van der Waals surface area contributed by atoms with Crippen molar-refractivity contribution in [3.63, 3.8) is 0 Å². The van der Waals surface area contributed by atoms with Crippen molar-refractivity contribution in [3.05, 3.63) is 27.9 Å². The second-order valence-electron chi connectivity index (χ2n) is 5.16. The lowest BCUT2D eigenvalue weighted by Gasteiger charge is -2.30. The van der Waals surface area contributed by atoms with E-state index in [0.29, 0.717) is 11.4 Å². The van der Waals surface area contributed by atoms with Crippen LogP contribution in [0, 0.1) is 23.0 Å². The van der Waals surface area contributed by atoms with Crippen LogP contribution in [0.4, 0.5) is 11.5 Å². The largest absolute Gasteiger partial charge is 0.369 e. The number of nitrogens with one attached hydrogen (secondary N) is 1. The van der Waals surface area contributed by atoms with Crippen LogP contribution in [0.5, 0.6) is 0 Å². The van der Waals surface area contributed by atoms with Crippen LogP contribution in [0.15, 0.2) is 12.3 Å². The number of carbonyl (C=O) groups excluding carboxylic acids is 1. The average Bonchev–Trinajstić information content (AvgIpc) is 2.38. The number of nitro groups is 1. The Bertz CT molecular complexity index is 532. The average molecular weight is 278 g/mol. The topological polar surface area (TPSA) is 111 Å². The molecule has 20 heavy (non-hydrogen) atoms. The molecule has 0 spiro atoms. The van der Waals surface area contributed by atoms with Gasteiger partial charge in [0.1, 0.15) is 12.0 Å². The van der Waals surface area contributed by atoms with Gasteiger partial charge in [0.2, 0.25) is 5.91 Å². The molecule has 108 valence electrons. The molecule has 3 N–H and O–H groups in total. The van der Waals surface area contributed by atoms with Crippen LogP contribution in [0.25, 0.3) is 0 Å². The van der Waals surface area contributed by atoms with Gasteiger partial charge >= 0.3 is 0 Å². The second kappa shape index (κ2) is 5.85. The molecule has 0 radical (unpaired) electrons. The van der Waals surface area contributed by atoms with Crippen molar-refractivity contribution in [3.8, 4) is 0 Å². The Labute approximate surface area is 116 Å². The third-order valence-corrected chi connectivity index (χ3v) is 3.74. The summed E-state index contributed by atoms with van der Waals surface area (Å²) in [6.45, 7) is 1.66. The monoisotopic (exact) mass is 278 g/mol. The van der Waals surface area contributed by atoms with Crippen LogP contribution in [-0.4, -0.2) is 21.9 Å². The summed E-state index contributed by atoms with van der Waals surface area (Å²) in [4.78, 5) is 25.8. The van der Waals surface area contributed by atoms with E-state index in [0.717, 1.165) is 25.7 Å². The Morgan fingerprint density at radius 2 is 2.20 bits per heavy atom. The van der Waals surface area contributed by atoms with Crippen molar-refractivity contribution in [2.45, 2.75) is 38.6 Å². The third-order valence-electron chi connectivity index (χ3n) is 3.74. The van der Waals surface area contributed by atoms with Gasteiger partial charge in [-0.3, -0.25) is 14.9 Å². The predicted octanol–water partition coefficient (Wildman–Crippen LogP) is 1.75. The van der Waals surface area contributed by atoms with E-state index in [1.54, 1.807) is 13.0 Å². The molecule has 1 amide bonds. The zero-order valence-corrected chi connectivity index (χ0v) is 11.3. The number of primary amides is 1. The standard InChI is InChI=1S/C13H18N4O3/c1-8-6-12(15-7-11(8)17(19)20)16-10-5-3-2-4-9(10)13(14)18/h6-7,9-10H,2-5H2,1H3,(H2,14,18)(H,15,16)/t9-,10-/m1/s1. The molecule has 0 aliphatic heterocycles. The fourth-order valence-electron chi connectivity index (χ4n) is 2.65. The van der Waals surface area contributed by atoms with Gasteiger partial charge in [-0.05, 0) is 25.8 Å². The van der Waals surface area contributed by atoms with Crippen LogP contribution in [0.1, 0.15) is 31.2 Å². The number of carbonyl (C=O) groups is 1. The molecular formula is C13H18N4O3. The fraction of sp³-hybridized carbons (Fsp3) is 0.538. The quantitative estimate of drug-likeness (QED) is 0.643. The lowest BCUT2D eigenvalue weighted by molar-refractivity contribution is -0.385. The van der Waals surface area contributed by atoms with Crippen LogP contribution in [-0.2, 0) is 4.79 Å². The molecule has 0 aromatic carbocycles. The maximum atomic E-state index is 11.4. The maximum absolute atomic E-state index is 11.4. The molecule has 1 saturated carbocycles. The molecule has 0 bridgehead atoms. The Morgan fingerprint density at radius 3 is 2.80 bits per heavy atom. The van der Waals surface area contributed by atoms with Gasteiger partial charge in [-0.2, -0.15) is 0 Å². The minimum Gasteiger partial charge on any atom is -0.369 e. The number of rotatable bonds is 4. The molecule has 0 saturated heterocycles. The summed E-state index contributed by atoms with van der Waals surface area (Å²) in [6, 6.07) is 1.58. The van der Waals surface area contributed by atoms with Gasteiger partial charge in [-0.1, -0.05) is 12.8 Å². The van der Waals surface area contributed by atoms with Gasteiger partial charge in [-0.15, -0.1) is 0 Å². The molecule has 7 heteroatoms. The Hall–Kier alpha value is -2.18. The number of pyridine rings is 1. The number of aromatic nitrogens is 1. The predicted molar refractivity (Wildman–Crippen MR) is 74.2 cm³/mol. The fourth-order valence-corrected chi connectivity index (χ4v) is 2.65. The van der Waals surface area contributed by atoms with E-state index < -0.39 is 4.92 Å². The minimum absolute atomic E-state index is 0.00866. The van der Waals surface area contributed by atoms with Crippen LogP contribution < -0.4 is 11.1 Å². The Balaban J connectivity index is 2.14. The molecule has 2 rings (SSSR count). The van der Waals surface area contributed by atoms with Gasteiger partial charge in [0.05, 0.1) is 10.8 Å². The smallest absolute Gasteiger partial charge is 0.290 e. The summed E-state index contributed by atoms with van der Waals surface area (Å²) in [7, 11) is 0. The molecular weight excluding hydrogens is 260 g/mol. The van der Waals surface area contributed by atoms with Crippen LogP contribution in [0.2, 0.25) is 0 Å². The summed E-state index contributed by atoms with van der Waals surface area (Å²) < 4.78 is 0. The summed E-state index contributed by atoms with van der Waals surface area (Å²) in [5, 5.41) is 13.9. The van der Waals surface area contributed by atoms with Crippen molar-refractivity contribution in [2.24, 2.45) is 11.7 Å². The first kappa shape index (κ1) is 14.2. The number of nitrogens with two attached hydrogens (primary N) is 1. The highest BCUT2D eigenvalue weighted by molar-refractivity contribution is 5.78. The molecule has 1 heterocycles. The molecule has 2 atom stereocenters. The first-order valence-corrected chi connectivity index (χ1v) is 6.66. The molecule has 1 aliphatic carbocycles. The van der Waals surface area contributed by atoms with E-state index in [2.05, 4.69) is 10.3 Å². The lowest BCUT2D eigenvalue weighted by Crippen LogP contribution is -2.40. The van der Waals surface area contributed by atoms with E-state index in [1.807, 2.05) is 0 Å². The maximum Gasteiger partial charge on any atom is 0.290 e. The summed E-state index contributed by atoms with van der Waals surface area (Å²) in [6.07, 6.45) is 4.90. The van der Waals surface area contributed by atoms with E-state index in [4.69, 9.17) is 5.73 Å². The SMILES string of the molecule is Cc1cc(N[C@@H]2CCCC[C@H]2C(N)=O)ncc1[N+](=O)[O-]. The molecule has 1 aliphatic rings. The van der Waals surface area contributed by atoms with Gasteiger partial charge in [0.15, 0.2) is 0 Å². The Kier molecular flexibility index (Phi) is 4.16. The summed E-state index contributed by atoms with van der Waals surface area (Å²) >= 11 is 0. The number of anilines is 1. The van der Waals surface area contributed by atoms with Gasteiger partial charge < -0.3 is 11.1 Å². The first-order valence-electron chi connectivity index (χ1n) is 6.66. The van der Waals surface area contributed by atoms with E-state index >= 15 is 0 Å². The van der Waals surface area contributed by atoms with Crippen LogP contribution in [0.3, 0.4) is 0 Å². The van der Waals surface area contributed by atoms with Gasteiger partial charge in [-0.25, -0.2) is 4.98 Å². The number of hydrogen-bond acceptors (Lipinski definition) is 5. The normalized spacial score (nSPS) is 22.2. The Morgan fingerprint density at radius 1 is 1.50 bits per heavy atom. The zero-order chi connectivity index (χ0) is 14.7. The molecule has 0 unspecified atom stereocenters. The molecule has 1 fully saturated rings. The number of nitrogens with zero attached hydrogens (tertiary/aromatic N) is 2. The number of hydrogen-bond donors (Lipinski definition) is 2. The van der Waals surface area contributed by atoms with Crippen molar-refractivity contribution < 1.29 is 9.72 Å². The summed E-state index contributed by atoms with van der Waals surface area (Å²) in [5.41, 5.74) is 5.95. The van der Waals surface area contributed by atoms with Gasteiger partial charge in [0.25, 0.3) is 5.69 Å². The highest BCUT2D eigenvalue weighted by Gasteiger charge is 2.29. The van der Waals surface area contributed by atoms with Crippen molar-refractivity contribution in [2.75, 3.05) is 5.32 Å². The number of amides is 1. The highest BCUT2D eigenvalue weighted by atomic mass is 16.6. The third kappa shape index (κ3) is 3.04.